The minimum Gasteiger partial charge on any atom is -0.484 e. The van der Waals surface area contributed by atoms with Gasteiger partial charge in [0.2, 0.25) is 11.8 Å². The van der Waals surface area contributed by atoms with E-state index in [1.165, 1.54) is 18.2 Å². The zero-order chi connectivity index (χ0) is 31.3. The van der Waals surface area contributed by atoms with E-state index in [-0.39, 0.29) is 27.9 Å². The number of ether oxygens (including phenoxy) is 1. The van der Waals surface area contributed by atoms with Gasteiger partial charge >= 0.3 is 11.0 Å². The van der Waals surface area contributed by atoms with Gasteiger partial charge in [-0.25, -0.2) is 4.90 Å². The number of amides is 3. The number of aromatic amines is 1. The number of H-pyrrole nitrogens is 1. The number of alkyl halides is 3. The third kappa shape index (κ3) is 5.72. The molecule has 2 aliphatic rings. The van der Waals surface area contributed by atoms with Crippen LogP contribution in [-0.4, -0.2) is 34.6 Å². The first-order valence-corrected chi connectivity index (χ1v) is 15.3. The maximum absolute atomic E-state index is 13.9. The number of carbonyl (C=O) groups is 3. The summed E-state index contributed by atoms with van der Waals surface area (Å²) in [5, 5.41) is 2.65. The second-order valence-corrected chi connectivity index (χ2v) is 12.8. The van der Waals surface area contributed by atoms with E-state index in [9.17, 15) is 32.3 Å². The van der Waals surface area contributed by atoms with Crippen molar-refractivity contribution >= 4 is 75.4 Å². The number of nitrogens with one attached hydrogen (secondary N) is 2. The molecule has 3 aromatic carbocycles. The molecule has 0 spiro atoms. The van der Waals surface area contributed by atoms with Crippen molar-refractivity contribution in [2.45, 2.75) is 22.4 Å². The Hall–Kier alpha value is -3.78. The van der Waals surface area contributed by atoms with Crippen molar-refractivity contribution in [3.8, 4) is 5.75 Å². The maximum atomic E-state index is 13.9. The molecule has 6 rings (SSSR count). The highest BCUT2D eigenvalue weighted by atomic mass is 35.5. The van der Waals surface area contributed by atoms with Gasteiger partial charge in [-0.1, -0.05) is 64.5 Å². The van der Waals surface area contributed by atoms with Gasteiger partial charge in [0.1, 0.15) is 11.0 Å². The number of rotatable bonds is 6. The smallest absolute Gasteiger partial charge is 0.416 e. The van der Waals surface area contributed by atoms with Crippen LogP contribution in [0.25, 0.3) is 0 Å². The van der Waals surface area contributed by atoms with E-state index in [0.717, 1.165) is 46.2 Å². The monoisotopic (exact) mass is 679 g/mol. The molecule has 4 aromatic rings. The van der Waals surface area contributed by atoms with Gasteiger partial charge in [0, 0.05) is 16.5 Å². The number of benzene rings is 3. The lowest BCUT2D eigenvalue weighted by Gasteiger charge is -2.30. The number of fused-ring (bicyclic) bond motifs is 2. The highest BCUT2D eigenvalue weighted by molar-refractivity contribution is 8.00. The average molecular weight is 681 g/mol. The molecule has 3 unspecified atom stereocenters. The van der Waals surface area contributed by atoms with Crippen molar-refractivity contribution in [2.24, 2.45) is 5.92 Å². The average Bonchev–Trinajstić information content (AvgIpc) is 3.47. The predicted molar refractivity (Wildman–Crippen MR) is 161 cm³/mol. The van der Waals surface area contributed by atoms with Crippen LogP contribution in [0.15, 0.2) is 76.6 Å². The molecule has 3 atom stereocenters. The number of imide groups is 1. The largest absolute Gasteiger partial charge is 0.484 e. The van der Waals surface area contributed by atoms with Gasteiger partial charge < -0.3 is 15.0 Å². The summed E-state index contributed by atoms with van der Waals surface area (Å²) in [6.45, 7) is -0.375. The molecule has 3 amide bonds. The van der Waals surface area contributed by atoms with E-state index >= 15 is 0 Å². The number of carbonyl (C=O) groups excluding carboxylic acids is 3. The molecule has 15 heteroatoms. The van der Waals surface area contributed by atoms with Crippen LogP contribution in [0.4, 0.5) is 24.5 Å². The lowest BCUT2D eigenvalue weighted by molar-refractivity contribution is -0.137. The summed E-state index contributed by atoms with van der Waals surface area (Å²) in [4.78, 5) is 55.9. The minimum absolute atomic E-state index is 0.189. The van der Waals surface area contributed by atoms with Crippen molar-refractivity contribution in [3.05, 3.63) is 102 Å². The van der Waals surface area contributed by atoms with Crippen molar-refractivity contribution < 1.29 is 32.3 Å². The Morgan fingerprint density at radius 1 is 0.977 bits per heavy atom. The van der Waals surface area contributed by atoms with Gasteiger partial charge in [0.15, 0.2) is 6.61 Å². The first kappa shape index (κ1) is 30.3. The number of hydrogen-bond donors (Lipinski definition) is 2. The van der Waals surface area contributed by atoms with E-state index in [1.54, 1.807) is 30.3 Å². The molecule has 8 nitrogen and oxygen atoms in total. The van der Waals surface area contributed by atoms with Gasteiger partial charge in [0.25, 0.3) is 5.91 Å². The Bertz CT molecular complexity index is 1880. The lowest BCUT2D eigenvalue weighted by Crippen LogP contribution is -2.32. The third-order valence-corrected chi connectivity index (χ3v) is 10.2. The molecule has 0 saturated carbocycles. The topological polar surface area (TPSA) is 109 Å². The first-order valence-electron chi connectivity index (χ1n) is 12.8. The standard InChI is InChI=1S/C29H18Cl2F3N3O5S2/c30-18-8-7-15(11-19(18)31)35-20(38)12-42-17-6-1-3-13(9-17)21-22-24(43-25-23(21)44-28(41)36-25)27(40)37(26(22)39)16-5-2-4-14(10-16)29(32,33)34/h1-11,21-22,24H,12H2,(H,35,38)(H,36,41). The van der Waals surface area contributed by atoms with Gasteiger partial charge in [-0.15, -0.1) is 0 Å². The van der Waals surface area contributed by atoms with Crippen LogP contribution < -0.4 is 19.8 Å². The Balaban J connectivity index is 1.29. The van der Waals surface area contributed by atoms with Crippen molar-refractivity contribution in [1.29, 1.82) is 0 Å². The summed E-state index contributed by atoms with van der Waals surface area (Å²) in [6.07, 6.45) is -4.67. The fourth-order valence-electron chi connectivity index (χ4n) is 5.17. The number of anilines is 2. The predicted octanol–water partition coefficient (Wildman–Crippen LogP) is 6.58. The summed E-state index contributed by atoms with van der Waals surface area (Å²) in [5.74, 6) is -3.39. The van der Waals surface area contributed by atoms with Crippen LogP contribution in [0.3, 0.4) is 0 Å². The van der Waals surface area contributed by atoms with E-state index in [1.807, 2.05) is 0 Å². The van der Waals surface area contributed by atoms with Gasteiger partial charge in [0.05, 0.1) is 32.2 Å². The van der Waals surface area contributed by atoms with Gasteiger partial charge in [-0.2, -0.15) is 13.2 Å². The molecule has 44 heavy (non-hydrogen) atoms. The molecule has 1 aromatic heterocycles. The number of aromatic nitrogens is 1. The molecule has 1 saturated heterocycles. The van der Waals surface area contributed by atoms with E-state index in [2.05, 4.69) is 10.3 Å². The molecular formula is C29H18Cl2F3N3O5S2. The van der Waals surface area contributed by atoms with E-state index in [4.69, 9.17) is 27.9 Å². The Morgan fingerprint density at radius 2 is 1.75 bits per heavy atom. The van der Waals surface area contributed by atoms with Gasteiger partial charge in [-0.3, -0.25) is 19.2 Å². The molecule has 0 aliphatic carbocycles. The Morgan fingerprint density at radius 3 is 2.50 bits per heavy atom. The van der Waals surface area contributed by atoms with Crippen LogP contribution in [0.1, 0.15) is 21.9 Å². The third-order valence-electron chi connectivity index (χ3n) is 7.05. The summed E-state index contributed by atoms with van der Waals surface area (Å²) >= 11 is 13.8. The summed E-state index contributed by atoms with van der Waals surface area (Å²) in [6, 6.07) is 15.2. The summed E-state index contributed by atoms with van der Waals surface area (Å²) in [7, 11) is 0. The normalized spacial score (nSPS) is 19.5. The van der Waals surface area contributed by atoms with Crippen LogP contribution in [0.2, 0.25) is 10.0 Å². The minimum atomic E-state index is -4.67. The quantitative estimate of drug-likeness (QED) is 0.223. The van der Waals surface area contributed by atoms with E-state index in [0.29, 0.717) is 26.2 Å². The molecule has 3 heterocycles. The number of halogens is 5. The molecule has 2 aliphatic heterocycles. The summed E-state index contributed by atoms with van der Waals surface area (Å²) < 4.78 is 46.0. The molecular weight excluding hydrogens is 662 g/mol. The first-order chi connectivity index (χ1) is 20.9. The molecule has 0 radical (unpaired) electrons. The number of thiazole rings is 1. The zero-order valence-corrected chi connectivity index (χ0v) is 25.1. The van der Waals surface area contributed by atoms with Crippen LogP contribution in [0, 0.1) is 5.92 Å². The van der Waals surface area contributed by atoms with E-state index < -0.39 is 46.5 Å². The van der Waals surface area contributed by atoms with Crippen LogP contribution >= 0.6 is 46.3 Å². The fourth-order valence-corrected chi connectivity index (χ4v) is 7.98. The molecule has 2 N–H and O–H groups in total. The van der Waals surface area contributed by atoms with Gasteiger partial charge in [-0.05, 0) is 54.1 Å². The number of nitrogens with zero attached hydrogens (tertiary/aromatic N) is 1. The SMILES string of the molecule is O=C(COc1cccc(C2c3sc(=O)[nH]c3SC3C(=O)N(c4cccc(C(F)(F)F)c4)C(=O)C32)c1)Nc1ccc(Cl)c(Cl)c1. The highest BCUT2D eigenvalue weighted by Crippen LogP contribution is 2.53. The van der Waals surface area contributed by atoms with Crippen LogP contribution in [0.5, 0.6) is 5.75 Å². The van der Waals surface area contributed by atoms with Crippen molar-refractivity contribution in [2.75, 3.05) is 16.8 Å². The Kier molecular flexibility index (Phi) is 7.99. The van der Waals surface area contributed by atoms with Crippen LogP contribution in [-0.2, 0) is 20.6 Å². The highest BCUT2D eigenvalue weighted by Gasteiger charge is 2.56. The Labute approximate surface area is 265 Å². The fraction of sp³-hybridized carbons (Fsp3) is 0.172. The zero-order valence-electron chi connectivity index (χ0n) is 22.0. The second-order valence-electron chi connectivity index (χ2n) is 9.85. The number of hydrogen-bond acceptors (Lipinski definition) is 7. The lowest BCUT2D eigenvalue weighted by atomic mass is 9.83. The molecule has 1 fully saturated rings. The van der Waals surface area contributed by atoms with Crippen molar-refractivity contribution in [3.63, 3.8) is 0 Å². The molecule has 226 valence electrons. The van der Waals surface area contributed by atoms with Crippen molar-refractivity contribution in [1.82, 2.24) is 4.98 Å². The summed E-state index contributed by atoms with van der Waals surface area (Å²) in [5.41, 5.74) is -0.250. The number of thioether (sulfide) groups is 1. The molecule has 0 bridgehead atoms. The second kappa shape index (κ2) is 11.6. The maximum Gasteiger partial charge on any atom is 0.416 e.